The molecule has 1 saturated heterocycles. The predicted octanol–water partition coefficient (Wildman–Crippen LogP) is 1.47. The highest BCUT2D eigenvalue weighted by Crippen LogP contribution is 2.08. The molecule has 1 atom stereocenters. The topological polar surface area (TPSA) is 15.3 Å². The smallest absolute Gasteiger partial charge is 0.00797 e. The number of nitrogens with one attached hydrogen (secondary N) is 1. The molecule has 1 fully saturated rings. The summed E-state index contributed by atoms with van der Waals surface area (Å²) in [6.07, 6.45) is 4.10. The summed E-state index contributed by atoms with van der Waals surface area (Å²) in [7, 11) is 0. The summed E-state index contributed by atoms with van der Waals surface area (Å²) in [5.41, 5.74) is 0. The van der Waals surface area contributed by atoms with E-state index in [2.05, 4.69) is 24.1 Å². The van der Waals surface area contributed by atoms with Crippen molar-refractivity contribution in [2.45, 2.75) is 39.2 Å². The molecule has 0 bridgehead atoms. The van der Waals surface area contributed by atoms with Gasteiger partial charge in [-0.25, -0.2) is 0 Å². The molecule has 2 heteroatoms. The molecular weight excluding hydrogens is 148 g/mol. The van der Waals surface area contributed by atoms with Crippen molar-refractivity contribution in [1.82, 2.24) is 10.2 Å². The second-order valence-corrected chi connectivity index (χ2v) is 3.61. The lowest BCUT2D eigenvalue weighted by molar-refractivity contribution is 0.286. The number of hydrogen-bond donors (Lipinski definition) is 1. The average molecular weight is 170 g/mol. The van der Waals surface area contributed by atoms with Crippen molar-refractivity contribution < 1.29 is 0 Å². The Morgan fingerprint density at radius 3 is 2.58 bits per heavy atom. The van der Waals surface area contributed by atoms with Crippen molar-refractivity contribution in [3.8, 4) is 0 Å². The molecule has 0 aromatic heterocycles. The third-order valence-corrected chi connectivity index (χ3v) is 2.85. The van der Waals surface area contributed by atoms with Crippen LogP contribution in [0.25, 0.3) is 0 Å². The molecule has 0 saturated carbocycles. The van der Waals surface area contributed by atoms with E-state index in [0.29, 0.717) is 0 Å². The maximum atomic E-state index is 3.53. The maximum Gasteiger partial charge on any atom is 0.00797 e. The molecule has 1 aliphatic heterocycles. The monoisotopic (exact) mass is 170 g/mol. The van der Waals surface area contributed by atoms with Crippen LogP contribution in [0.3, 0.4) is 0 Å². The largest absolute Gasteiger partial charge is 0.314 e. The number of nitrogens with zero attached hydrogens (tertiary/aromatic N) is 1. The summed E-state index contributed by atoms with van der Waals surface area (Å²) in [6.45, 7) is 9.39. The van der Waals surface area contributed by atoms with Gasteiger partial charge >= 0.3 is 0 Å². The van der Waals surface area contributed by atoms with Crippen LogP contribution in [0.5, 0.6) is 0 Å². The molecule has 72 valence electrons. The van der Waals surface area contributed by atoms with Gasteiger partial charge in [-0.1, -0.05) is 13.8 Å². The molecule has 2 nitrogen and oxygen atoms in total. The van der Waals surface area contributed by atoms with Gasteiger partial charge in [-0.2, -0.15) is 0 Å². The molecule has 1 heterocycles. The van der Waals surface area contributed by atoms with Gasteiger partial charge in [0.2, 0.25) is 0 Å². The maximum absolute atomic E-state index is 3.53. The van der Waals surface area contributed by atoms with Gasteiger partial charge < -0.3 is 10.2 Å². The van der Waals surface area contributed by atoms with E-state index < -0.39 is 0 Å². The van der Waals surface area contributed by atoms with Crippen LogP contribution < -0.4 is 5.32 Å². The zero-order valence-electron chi connectivity index (χ0n) is 8.47. The summed E-state index contributed by atoms with van der Waals surface area (Å²) in [4.78, 5) is 2.50. The van der Waals surface area contributed by atoms with Crippen LogP contribution in [0, 0.1) is 0 Å². The molecule has 1 aliphatic rings. The fourth-order valence-electron chi connectivity index (χ4n) is 1.88. The summed E-state index contributed by atoms with van der Waals surface area (Å²) in [5, 5.41) is 3.53. The normalized spacial score (nSPS) is 23.8. The van der Waals surface area contributed by atoms with E-state index in [1.165, 1.54) is 45.4 Å². The Labute approximate surface area is 76.3 Å². The van der Waals surface area contributed by atoms with Crippen molar-refractivity contribution in [1.29, 1.82) is 0 Å². The van der Waals surface area contributed by atoms with Crippen LogP contribution in [-0.2, 0) is 0 Å². The Balaban J connectivity index is 2.06. The van der Waals surface area contributed by atoms with Crippen LogP contribution in [0.15, 0.2) is 0 Å². The minimum atomic E-state index is 0.811. The second kappa shape index (κ2) is 5.55. The molecule has 0 amide bonds. The first-order valence-electron chi connectivity index (χ1n) is 5.32. The standard InChI is InChI=1S/C10H22N2/c1-3-12(4-2)9-7-10-6-5-8-11-10/h10-11H,3-9H2,1-2H3/t10-/m1/s1. The number of rotatable bonds is 5. The van der Waals surface area contributed by atoms with Gasteiger partial charge in [0.05, 0.1) is 0 Å². The zero-order valence-corrected chi connectivity index (χ0v) is 8.47. The minimum absolute atomic E-state index is 0.811. The van der Waals surface area contributed by atoms with Crippen molar-refractivity contribution in [3.05, 3.63) is 0 Å². The summed E-state index contributed by atoms with van der Waals surface area (Å²) < 4.78 is 0. The molecular formula is C10H22N2. The third-order valence-electron chi connectivity index (χ3n) is 2.85. The fraction of sp³-hybridized carbons (Fsp3) is 1.00. The first-order chi connectivity index (χ1) is 5.86. The lowest BCUT2D eigenvalue weighted by Crippen LogP contribution is -2.30. The highest BCUT2D eigenvalue weighted by atomic mass is 15.1. The Morgan fingerprint density at radius 2 is 2.08 bits per heavy atom. The van der Waals surface area contributed by atoms with Gasteiger partial charge in [0.25, 0.3) is 0 Å². The van der Waals surface area contributed by atoms with E-state index in [-0.39, 0.29) is 0 Å². The van der Waals surface area contributed by atoms with E-state index in [0.717, 1.165) is 6.04 Å². The Kier molecular flexibility index (Phi) is 4.62. The molecule has 0 radical (unpaired) electrons. The second-order valence-electron chi connectivity index (χ2n) is 3.61. The highest BCUT2D eigenvalue weighted by molar-refractivity contribution is 4.75. The number of hydrogen-bond acceptors (Lipinski definition) is 2. The van der Waals surface area contributed by atoms with Gasteiger partial charge in [-0.3, -0.25) is 0 Å². The van der Waals surface area contributed by atoms with Gasteiger partial charge in [0.1, 0.15) is 0 Å². The Bertz CT molecular complexity index is 102. The van der Waals surface area contributed by atoms with Crippen molar-refractivity contribution in [2.24, 2.45) is 0 Å². The van der Waals surface area contributed by atoms with Crippen LogP contribution in [0.4, 0.5) is 0 Å². The molecule has 0 aromatic carbocycles. The van der Waals surface area contributed by atoms with Crippen LogP contribution in [-0.4, -0.2) is 37.1 Å². The minimum Gasteiger partial charge on any atom is -0.314 e. The summed E-state index contributed by atoms with van der Waals surface area (Å²) in [6, 6.07) is 0.811. The summed E-state index contributed by atoms with van der Waals surface area (Å²) >= 11 is 0. The highest BCUT2D eigenvalue weighted by Gasteiger charge is 2.13. The lowest BCUT2D eigenvalue weighted by atomic mass is 10.1. The van der Waals surface area contributed by atoms with E-state index in [4.69, 9.17) is 0 Å². The SMILES string of the molecule is CCN(CC)CC[C@H]1CCCN1. The first kappa shape index (κ1) is 10.0. The Morgan fingerprint density at radius 1 is 1.33 bits per heavy atom. The molecule has 1 rings (SSSR count). The van der Waals surface area contributed by atoms with Crippen molar-refractivity contribution >= 4 is 0 Å². The van der Waals surface area contributed by atoms with Gasteiger partial charge in [-0.15, -0.1) is 0 Å². The first-order valence-corrected chi connectivity index (χ1v) is 5.32. The van der Waals surface area contributed by atoms with E-state index in [9.17, 15) is 0 Å². The summed E-state index contributed by atoms with van der Waals surface area (Å²) in [5.74, 6) is 0. The van der Waals surface area contributed by atoms with Crippen molar-refractivity contribution in [2.75, 3.05) is 26.2 Å². The van der Waals surface area contributed by atoms with E-state index in [1.807, 2.05) is 0 Å². The quantitative estimate of drug-likeness (QED) is 0.672. The fourth-order valence-corrected chi connectivity index (χ4v) is 1.88. The Hall–Kier alpha value is -0.0800. The van der Waals surface area contributed by atoms with Crippen LogP contribution in [0.2, 0.25) is 0 Å². The third kappa shape index (κ3) is 3.11. The molecule has 0 aliphatic carbocycles. The van der Waals surface area contributed by atoms with E-state index >= 15 is 0 Å². The lowest BCUT2D eigenvalue weighted by Gasteiger charge is -2.20. The van der Waals surface area contributed by atoms with Crippen LogP contribution >= 0.6 is 0 Å². The van der Waals surface area contributed by atoms with Gasteiger partial charge in [0, 0.05) is 6.04 Å². The van der Waals surface area contributed by atoms with Crippen LogP contribution in [0.1, 0.15) is 33.1 Å². The van der Waals surface area contributed by atoms with Gasteiger partial charge in [0.15, 0.2) is 0 Å². The van der Waals surface area contributed by atoms with Gasteiger partial charge in [-0.05, 0) is 45.4 Å². The zero-order chi connectivity index (χ0) is 8.81. The molecule has 12 heavy (non-hydrogen) atoms. The molecule has 0 spiro atoms. The molecule has 0 unspecified atom stereocenters. The van der Waals surface area contributed by atoms with Crippen molar-refractivity contribution in [3.63, 3.8) is 0 Å². The average Bonchev–Trinajstić information content (AvgIpc) is 2.59. The van der Waals surface area contributed by atoms with E-state index in [1.54, 1.807) is 0 Å². The predicted molar refractivity (Wildman–Crippen MR) is 53.4 cm³/mol. The molecule has 1 N–H and O–H groups in total. The molecule has 0 aromatic rings.